The van der Waals surface area contributed by atoms with Crippen molar-refractivity contribution in [3.05, 3.63) is 47.9 Å². The van der Waals surface area contributed by atoms with Crippen molar-refractivity contribution in [3.8, 4) is 11.3 Å². The number of rotatable bonds is 2. The summed E-state index contributed by atoms with van der Waals surface area (Å²) in [5, 5.41) is 7.57. The Bertz CT molecular complexity index is 969. The molecule has 2 aliphatic heterocycles. The van der Waals surface area contributed by atoms with Crippen LogP contribution in [0.3, 0.4) is 0 Å². The molecular weight excluding hydrogens is 349 g/mol. The Morgan fingerprint density at radius 3 is 2.81 bits per heavy atom. The predicted octanol–water partition coefficient (Wildman–Crippen LogP) is 3.03. The number of nitrogen functional groups attached to an aromatic ring is 1. The van der Waals surface area contributed by atoms with E-state index in [1.165, 1.54) is 18.5 Å². The number of nitrogens with zero attached hydrogens (tertiary/aromatic N) is 5. The van der Waals surface area contributed by atoms with E-state index in [1.807, 2.05) is 0 Å². The van der Waals surface area contributed by atoms with Crippen LogP contribution in [0.1, 0.15) is 11.7 Å². The highest BCUT2D eigenvalue weighted by molar-refractivity contribution is 6.09. The van der Waals surface area contributed by atoms with Crippen molar-refractivity contribution < 1.29 is 18.0 Å². The smallest absolute Gasteiger partial charge is 0.384 e. The van der Waals surface area contributed by atoms with Crippen LogP contribution in [-0.2, 0) is 4.79 Å². The van der Waals surface area contributed by atoms with E-state index in [2.05, 4.69) is 20.2 Å². The van der Waals surface area contributed by atoms with Gasteiger partial charge in [0.2, 0.25) is 0 Å². The molecule has 0 saturated heterocycles. The van der Waals surface area contributed by atoms with Crippen LogP contribution in [-0.4, -0.2) is 28.6 Å². The molecule has 2 aromatic heterocycles. The molecule has 0 aromatic carbocycles. The Labute approximate surface area is 145 Å². The maximum Gasteiger partial charge on any atom is 0.406 e. The number of nitrogens with two attached hydrogens (primary N) is 1. The van der Waals surface area contributed by atoms with Crippen LogP contribution in [0, 0.1) is 0 Å². The van der Waals surface area contributed by atoms with E-state index in [0.717, 1.165) is 0 Å². The van der Waals surface area contributed by atoms with E-state index >= 15 is 0 Å². The van der Waals surface area contributed by atoms with Crippen molar-refractivity contribution in [3.63, 3.8) is 0 Å². The van der Waals surface area contributed by atoms with Gasteiger partial charge in [0.15, 0.2) is 0 Å². The third-order valence-electron chi connectivity index (χ3n) is 4.02. The minimum Gasteiger partial charge on any atom is -0.384 e. The monoisotopic (exact) mass is 360 g/mol. The molecule has 4 heterocycles. The average Bonchev–Trinajstić information content (AvgIpc) is 3.07. The fraction of sp³-hybridized carbons (Fsp3) is 0.188. The molecular formula is C16H11F3N6O. The summed E-state index contributed by atoms with van der Waals surface area (Å²) >= 11 is 0. The lowest BCUT2D eigenvalue weighted by molar-refractivity contribution is -0.130. The topological polar surface area (TPSA) is 96.8 Å². The zero-order valence-corrected chi connectivity index (χ0v) is 13.1. The van der Waals surface area contributed by atoms with Gasteiger partial charge in [0.25, 0.3) is 5.91 Å². The molecule has 2 aliphatic rings. The van der Waals surface area contributed by atoms with Crippen molar-refractivity contribution in [2.24, 2.45) is 10.2 Å². The van der Waals surface area contributed by atoms with Gasteiger partial charge in [-0.05, 0) is 18.2 Å². The summed E-state index contributed by atoms with van der Waals surface area (Å²) in [6, 6.07) is 5.56. The molecule has 4 rings (SSSR count). The van der Waals surface area contributed by atoms with Crippen molar-refractivity contribution in [1.29, 1.82) is 0 Å². The molecule has 1 amide bonds. The minimum absolute atomic E-state index is 0.0389. The first kappa shape index (κ1) is 16.2. The van der Waals surface area contributed by atoms with E-state index in [4.69, 9.17) is 5.73 Å². The molecule has 132 valence electrons. The Morgan fingerprint density at radius 2 is 2.08 bits per heavy atom. The molecule has 1 atom stereocenters. The summed E-state index contributed by atoms with van der Waals surface area (Å²) in [6.45, 7) is -1.43. The molecule has 0 aliphatic carbocycles. The number of pyridine rings is 2. The molecule has 2 N–H and O–H groups in total. The number of fused-ring (bicyclic) bond motifs is 3. The summed E-state index contributed by atoms with van der Waals surface area (Å²) < 4.78 is 39.1. The predicted molar refractivity (Wildman–Crippen MR) is 86.0 cm³/mol. The summed E-state index contributed by atoms with van der Waals surface area (Å²) in [5.41, 5.74) is 6.90. The Hall–Kier alpha value is -3.30. The van der Waals surface area contributed by atoms with Gasteiger partial charge in [0.1, 0.15) is 18.4 Å². The number of halogens is 3. The van der Waals surface area contributed by atoms with Gasteiger partial charge in [-0.2, -0.15) is 23.4 Å². The van der Waals surface area contributed by atoms with Crippen LogP contribution in [0.4, 0.5) is 24.7 Å². The van der Waals surface area contributed by atoms with Crippen molar-refractivity contribution in [2.75, 3.05) is 17.2 Å². The third-order valence-corrected chi connectivity index (χ3v) is 4.02. The normalized spacial score (nSPS) is 18.6. The Balaban J connectivity index is 1.86. The first-order chi connectivity index (χ1) is 12.3. The zero-order valence-electron chi connectivity index (χ0n) is 13.1. The Morgan fingerprint density at radius 1 is 1.27 bits per heavy atom. The molecule has 26 heavy (non-hydrogen) atoms. The highest BCUT2D eigenvalue weighted by Crippen LogP contribution is 2.43. The van der Waals surface area contributed by atoms with E-state index in [1.54, 1.807) is 18.2 Å². The number of amides is 1. The van der Waals surface area contributed by atoms with E-state index < -0.39 is 24.7 Å². The molecule has 0 radical (unpaired) electrons. The second kappa shape index (κ2) is 5.61. The molecule has 0 spiro atoms. The maximum absolute atomic E-state index is 13.0. The van der Waals surface area contributed by atoms with Gasteiger partial charge >= 0.3 is 6.18 Å². The first-order valence-electron chi connectivity index (χ1n) is 7.55. The van der Waals surface area contributed by atoms with Gasteiger partial charge in [-0.3, -0.25) is 14.7 Å². The van der Waals surface area contributed by atoms with Gasteiger partial charge < -0.3 is 5.73 Å². The number of carbonyl (C=O) groups excluding carboxylic acids is 1. The van der Waals surface area contributed by atoms with Crippen molar-refractivity contribution >= 4 is 17.4 Å². The summed E-state index contributed by atoms with van der Waals surface area (Å²) in [5.74, 6) is -0.525. The van der Waals surface area contributed by atoms with Gasteiger partial charge in [0, 0.05) is 11.8 Å². The molecule has 1 unspecified atom stereocenters. The highest BCUT2D eigenvalue weighted by atomic mass is 19.4. The van der Waals surface area contributed by atoms with E-state index in [0.29, 0.717) is 16.2 Å². The molecule has 0 saturated carbocycles. The average molecular weight is 360 g/mol. The summed E-state index contributed by atoms with van der Waals surface area (Å²) in [7, 11) is 0. The van der Waals surface area contributed by atoms with Crippen molar-refractivity contribution in [1.82, 2.24) is 9.97 Å². The van der Waals surface area contributed by atoms with Gasteiger partial charge in [-0.15, -0.1) is 0 Å². The lowest BCUT2D eigenvalue weighted by atomic mass is 9.96. The first-order valence-corrected chi connectivity index (χ1v) is 7.55. The van der Waals surface area contributed by atoms with Crippen molar-refractivity contribution in [2.45, 2.75) is 12.2 Å². The van der Waals surface area contributed by atoms with Gasteiger partial charge in [-0.1, -0.05) is 6.07 Å². The fourth-order valence-corrected chi connectivity index (χ4v) is 2.91. The number of azo groups is 1. The third kappa shape index (κ3) is 2.68. The number of anilines is 2. The summed E-state index contributed by atoms with van der Waals surface area (Å²) in [4.78, 5) is 21.6. The van der Waals surface area contributed by atoms with Gasteiger partial charge in [0.05, 0.1) is 28.8 Å². The number of aromatic nitrogens is 2. The minimum atomic E-state index is -4.57. The van der Waals surface area contributed by atoms with Crippen LogP contribution in [0.2, 0.25) is 0 Å². The van der Waals surface area contributed by atoms with E-state index in [-0.39, 0.29) is 22.8 Å². The molecule has 7 nitrogen and oxygen atoms in total. The number of hydrogen-bond acceptors (Lipinski definition) is 6. The van der Waals surface area contributed by atoms with Crippen LogP contribution in [0.25, 0.3) is 11.3 Å². The van der Waals surface area contributed by atoms with Crippen LogP contribution >= 0.6 is 0 Å². The molecule has 10 heteroatoms. The quantitative estimate of drug-likeness (QED) is 0.890. The number of carbonyl (C=O) groups is 1. The molecule has 0 bridgehead atoms. The van der Waals surface area contributed by atoms with Gasteiger partial charge in [-0.25, -0.2) is 4.98 Å². The number of hydrogen-bond donors (Lipinski definition) is 1. The largest absolute Gasteiger partial charge is 0.406 e. The second-order valence-electron chi connectivity index (χ2n) is 5.80. The SMILES string of the molecule is Nc1cccc(-c2cnc3c(c2)N(CC(F)(F)F)C(=O)C2=CN=NC23)n1. The summed E-state index contributed by atoms with van der Waals surface area (Å²) in [6.07, 6.45) is -1.93. The number of alkyl halides is 3. The lowest BCUT2D eigenvalue weighted by Gasteiger charge is -2.32. The van der Waals surface area contributed by atoms with Crippen LogP contribution < -0.4 is 10.6 Å². The zero-order chi connectivity index (χ0) is 18.5. The van der Waals surface area contributed by atoms with Crippen LogP contribution in [0.15, 0.2) is 52.5 Å². The molecule has 0 fully saturated rings. The fourth-order valence-electron chi connectivity index (χ4n) is 2.91. The standard InChI is InChI=1S/C16H11F3N6O/c17-16(18,19)7-25-11-4-8(10-2-1-3-12(20)23-10)5-21-14(11)13-9(15(25)26)6-22-24-13/h1-6,13H,7H2,(H2,20,23). The maximum atomic E-state index is 13.0. The Kier molecular flexibility index (Phi) is 3.49. The van der Waals surface area contributed by atoms with E-state index in [9.17, 15) is 18.0 Å². The van der Waals surface area contributed by atoms with Crippen LogP contribution in [0.5, 0.6) is 0 Å². The lowest BCUT2D eigenvalue weighted by Crippen LogP contribution is -2.43. The highest BCUT2D eigenvalue weighted by Gasteiger charge is 2.43. The second-order valence-corrected chi connectivity index (χ2v) is 5.80. The molecule has 2 aromatic rings.